The summed E-state index contributed by atoms with van der Waals surface area (Å²) in [5.41, 5.74) is 8.75. The zero-order valence-electron chi connectivity index (χ0n) is 11.3. The van der Waals surface area contributed by atoms with Crippen molar-refractivity contribution in [1.82, 2.24) is 0 Å². The fourth-order valence-corrected chi connectivity index (χ4v) is 1.94. The Morgan fingerprint density at radius 1 is 1.35 bits per heavy atom. The molecule has 0 aliphatic rings. The molecule has 1 aromatic carbocycles. The van der Waals surface area contributed by atoms with Gasteiger partial charge in [-0.25, -0.2) is 0 Å². The normalized spacial score (nSPS) is 12.8. The van der Waals surface area contributed by atoms with Crippen molar-refractivity contribution in [3.05, 3.63) is 34.9 Å². The highest BCUT2D eigenvalue weighted by Crippen LogP contribution is 2.21. The summed E-state index contributed by atoms with van der Waals surface area (Å²) in [6.07, 6.45) is 0.806. The Labute approximate surface area is 104 Å². The number of hydrogen-bond donors (Lipinski definition) is 1. The highest BCUT2D eigenvalue weighted by molar-refractivity contribution is 5.99. The molecule has 0 fully saturated rings. The molecular formula is C15H23NO. The van der Waals surface area contributed by atoms with Gasteiger partial charge in [0.1, 0.15) is 0 Å². The Morgan fingerprint density at radius 2 is 2.00 bits per heavy atom. The van der Waals surface area contributed by atoms with Crippen LogP contribution in [0.1, 0.15) is 54.6 Å². The highest BCUT2D eigenvalue weighted by Gasteiger charge is 2.19. The third-order valence-electron chi connectivity index (χ3n) is 3.34. The average molecular weight is 233 g/mol. The van der Waals surface area contributed by atoms with Gasteiger partial charge < -0.3 is 5.73 Å². The van der Waals surface area contributed by atoms with Crippen molar-refractivity contribution >= 4 is 5.78 Å². The van der Waals surface area contributed by atoms with Crippen molar-refractivity contribution in [2.75, 3.05) is 6.54 Å². The molecule has 0 aliphatic carbocycles. The molecule has 2 heteroatoms. The lowest BCUT2D eigenvalue weighted by atomic mass is 9.89. The van der Waals surface area contributed by atoms with E-state index >= 15 is 0 Å². The number of rotatable bonds is 5. The Kier molecular flexibility index (Phi) is 4.88. The third-order valence-corrected chi connectivity index (χ3v) is 3.34. The number of hydrogen-bond acceptors (Lipinski definition) is 2. The molecule has 2 nitrogen and oxygen atoms in total. The minimum Gasteiger partial charge on any atom is -0.330 e. The molecule has 2 N–H and O–H groups in total. The summed E-state index contributed by atoms with van der Waals surface area (Å²) in [6, 6.07) is 6.16. The fourth-order valence-electron chi connectivity index (χ4n) is 1.94. The van der Waals surface area contributed by atoms with E-state index in [9.17, 15) is 4.79 Å². The second kappa shape index (κ2) is 5.97. The van der Waals surface area contributed by atoms with E-state index in [1.54, 1.807) is 0 Å². The summed E-state index contributed by atoms with van der Waals surface area (Å²) < 4.78 is 0. The second-order valence-electron chi connectivity index (χ2n) is 4.93. The molecule has 1 unspecified atom stereocenters. The maximum atomic E-state index is 12.3. The van der Waals surface area contributed by atoms with Crippen LogP contribution in [0.4, 0.5) is 0 Å². The van der Waals surface area contributed by atoms with Crippen LogP contribution in [0, 0.1) is 12.8 Å². The Hall–Kier alpha value is -1.15. The SMILES string of the molecule is CCC(CN)C(=O)c1cc(C(C)C)ccc1C. The van der Waals surface area contributed by atoms with Gasteiger partial charge in [-0.05, 0) is 36.5 Å². The molecule has 0 aromatic heterocycles. The molecule has 94 valence electrons. The number of carbonyl (C=O) groups excluding carboxylic acids is 1. The molecule has 0 bridgehead atoms. The van der Waals surface area contributed by atoms with Crippen molar-refractivity contribution in [1.29, 1.82) is 0 Å². The summed E-state index contributed by atoms with van der Waals surface area (Å²) in [4.78, 5) is 12.3. The first-order valence-electron chi connectivity index (χ1n) is 6.36. The third kappa shape index (κ3) is 3.16. The molecule has 17 heavy (non-hydrogen) atoms. The minimum absolute atomic E-state index is 0.0453. The quantitative estimate of drug-likeness (QED) is 0.793. The van der Waals surface area contributed by atoms with Crippen molar-refractivity contribution in [3.8, 4) is 0 Å². The molecule has 1 atom stereocenters. The van der Waals surface area contributed by atoms with Crippen LogP contribution >= 0.6 is 0 Å². The van der Waals surface area contributed by atoms with Gasteiger partial charge in [0.15, 0.2) is 5.78 Å². The lowest BCUT2D eigenvalue weighted by molar-refractivity contribution is 0.0920. The van der Waals surface area contributed by atoms with Gasteiger partial charge in [-0.2, -0.15) is 0 Å². The summed E-state index contributed by atoms with van der Waals surface area (Å²) in [6.45, 7) is 8.70. The molecular weight excluding hydrogens is 210 g/mol. The van der Waals surface area contributed by atoms with E-state index in [1.807, 2.05) is 26.0 Å². The van der Waals surface area contributed by atoms with Gasteiger partial charge >= 0.3 is 0 Å². The van der Waals surface area contributed by atoms with E-state index in [0.29, 0.717) is 12.5 Å². The van der Waals surface area contributed by atoms with Gasteiger partial charge in [-0.1, -0.05) is 32.9 Å². The van der Waals surface area contributed by atoms with Gasteiger partial charge in [0, 0.05) is 18.0 Å². The lowest BCUT2D eigenvalue weighted by Crippen LogP contribution is -2.23. The van der Waals surface area contributed by atoms with Crippen LogP contribution in [0.25, 0.3) is 0 Å². The zero-order valence-corrected chi connectivity index (χ0v) is 11.3. The van der Waals surface area contributed by atoms with E-state index < -0.39 is 0 Å². The van der Waals surface area contributed by atoms with Crippen LogP contribution in [0.2, 0.25) is 0 Å². The van der Waals surface area contributed by atoms with E-state index in [1.165, 1.54) is 5.56 Å². The van der Waals surface area contributed by atoms with Crippen LogP contribution < -0.4 is 5.73 Å². The topological polar surface area (TPSA) is 43.1 Å². The number of Topliss-reactive ketones (excluding diaryl/α,β-unsaturated/α-hetero) is 1. The molecule has 1 aromatic rings. The van der Waals surface area contributed by atoms with Crippen molar-refractivity contribution in [2.45, 2.75) is 40.0 Å². The van der Waals surface area contributed by atoms with Crippen LogP contribution in [0.3, 0.4) is 0 Å². The number of carbonyl (C=O) groups is 1. The first-order valence-corrected chi connectivity index (χ1v) is 6.36. The largest absolute Gasteiger partial charge is 0.330 e. The van der Waals surface area contributed by atoms with Crippen molar-refractivity contribution < 1.29 is 4.79 Å². The number of nitrogens with two attached hydrogens (primary N) is 1. The van der Waals surface area contributed by atoms with Crippen LogP contribution in [0.5, 0.6) is 0 Å². The maximum absolute atomic E-state index is 12.3. The van der Waals surface area contributed by atoms with Gasteiger partial charge in [-0.15, -0.1) is 0 Å². The molecule has 0 aliphatic heterocycles. The number of ketones is 1. The molecule has 0 saturated heterocycles. The van der Waals surface area contributed by atoms with Crippen LogP contribution in [0.15, 0.2) is 18.2 Å². The highest BCUT2D eigenvalue weighted by atomic mass is 16.1. The van der Waals surface area contributed by atoms with Crippen molar-refractivity contribution in [2.24, 2.45) is 11.7 Å². The monoisotopic (exact) mass is 233 g/mol. The van der Waals surface area contributed by atoms with E-state index in [2.05, 4.69) is 19.9 Å². The van der Waals surface area contributed by atoms with Gasteiger partial charge in [-0.3, -0.25) is 4.79 Å². The smallest absolute Gasteiger partial charge is 0.167 e. The molecule has 0 heterocycles. The predicted octanol–water partition coefficient (Wildman–Crippen LogP) is 3.29. The standard InChI is InChI=1S/C15H23NO/c1-5-12(9-16)15(17)14-8-13(10(2)3)7-6-11(14)4/h6-8,10,12H,5,9,16H2,1-4H3. The molecule has 0 saturated carbocycles. The van der Waals surface area contributed by atoms with E-state index in [0.717, 1.165) is 17.5 Å². The van der Waals surface area contributed by atoms with Crippen molar-refractivity contribution in [3.63, 3.8) is 0 Å². The Morgan fingerprint density at radius 3 is 2.47 bits per heavy atom. The zero-order chi connectivity index (χ0) is 13.0. The average Bonchev–Trinajstić information content (AvgIpc) is 2.30. The molecule has 0 amide bonds. The second-order valence-corrected chi connectivity index (χ2v) is 4.93. The fraction of sp³-hybridized carbons (Fsp3) is 0.533. The first kappa shape index (κ1) is 13.9. The van der Waals surface area contributed by atoms with Crippen LogP contribution in [-0.2, 0) is 0 Å². The minimum atomic E-state index is -0.0453. The number of benzene rings is 1. The lowest BCUT2D eigenvalue weighted by Gasteiger charge is -2.15. The van der Waals surface area contributed by atoms with Gasteiger partial charge in [0.25, 0.3) is 0 Å². The summed E-state index contributed by atoms with van der Waals surface area (Å²) >= 11 is 0. The summed E-state index contributed by atoms with van der Waals surface area (Å²) in [7, 11) is 0. The first-order chi connectivity index (χ1) is 8.01. The summed E-state index contributed by atoms with van der Waals surface area (Å²) in [5.74, 6) is 0.589. The summed E-state index contributed by atoms with van der Waals surface area (Å²) in [5, 5.41) is 0. The van der Waals surface area contributed by atoms with E-state index in [-0.39, 0.29) is 11.7 Å². The van der Waals surface area contributed by atoms with Crippen LogP contribution in [-0.4, -0.2) is 12.3 Å². The van der Waals surface area contributed by atoms with Gasteiger partial charge in [0.2, 0.25) is 0 Å². The molecule has 0 spiro atoms. The van der Waals surface area contributed by atoms with E-state index in [4.69, 9.17) is 5.73 Å². The predicted molar refractivity (Wildman–Crippen MR) is 72.4 cm³/mol. The van der Waals surface area contributed by atoms with Gasteiger partial charge in [0.05, 0.1) is 0 Å². The number of aryl methyl sites for hydroxylation is 1. The Bertz CT molecular complexity index is 392. The molecule has 0 radical (unpaired) electrons. The maximum Gasteiger partial charge on any atom is 0.167 e. The molecule has 1 rings (SSSR count). The Balaban J connectivity index is 3.11.